The Kier molecular flexibility index (Phi) is 13.9. The Labute approximate surface area is 267 Å². The normalized spacial score (nSPS) is 18.8. The lowest BCUT2D eigenvalue weighted by Crippen LogP contribution is -2.42. The largest absolute Gasteiger partial charge is 0.388 e. The highest BCUT2D eigenvalue weighted by molar-refractivity contribution is 5.47. The fourth-order valence-electron chi connectivity index (χ4n) is 6.67. The van der Waals surface area contributed by atoms with E-state index >= 15 is 0 Å². The molecular weight excluding hydrogens is 544 g/mol. The summed E-state index contributed by atoms with van der Waals surface area (Å²) in [6.07, 6.45) is 15.3. The van der Waals surface area contributed by atoms with Crippen molar-refractivity contribution in [3.8, 4) is 0 Å². The van der Waals surface area contributed by atoms with Gasteiger partial charge < -0.3 is 19.3 Å². The summed E-state index contributed by atoms with van der Waals surface area (Å²) in [5, 5.41) is 11.6. The fraction of sp³-hybridized carbons (Fsp3) is 0.550. The van der Waals surface area contributed by atoms with Gasteiger partial charge in [0.25, 0.3) is 0 Å². The first-order valence-electron chi connectivity index (χ1n) is 17.3. The monoisotopic (exact) mass is 600 g/mol. The summed E-state index contributed by atoms with van der Waals surface area (Å²) in [5.74, 6) is -0.733. The zero-order chi connectivity index (χ0) is 31.1. The molecule has 1 saturated heterocycles. The van der Waals surface area contributed by atoms with Gasteiger partial charge in [-0.25, -0.2) is 0 Å². The lowest BCUT2D eigenvalue weighted by molar-refractivity contribution is -0.162. The summed E-state index contributed by atoms with van der Waals surface area (Å²) in [6, 6.07) is 30.9. The molecular formula is C40H56O4. The van der Waals surface area contributed by atoms with E-state index in [9.17, 15) is 5.11 Å². The molecule has 0 aliphatic carbocycles. The van der Waals surface area contributed by atoms with Crippen molar-refractivity contribution in [2.75, 3.05) is 6.61 Å². The van der Waals surface area contributed by atoms with Gasteiger partial charge in [0.15, 0.2) is 5.79 Å². The average molecular weight is 601 g/mol. The Morgan fingerprint density at radius 3 is 1.48 bits per heavy atom. The molecule has 4 rings (SSSR count). The van der Waals surface area contributed by atoms with Crippen LogP contribution in [0.5, 0.6) is 0 Å². The lowest BCUT2D eigenvalue weighted by atomic mass is 9.80. The summed E-state index contributed by atoms with van der Waals surface area (Å²) >= 11 is 0. The van der Waals surface area contributed by atoms with Crippen molar-refractivity contribution in [2.45, 2.75) is 134 Å². The summed E-state index contributed by atoms with van der Waals surface area (Å²) in [4.78, 5) is 0. The number of benzene rings is 3. The molecule has 0 bridgehead atoms. The summed E-state index contributed by atoms with van der Waals surface area (Å²) < 4.78 is 19.6. The van der Waals surface area contributed by atoms with E-state index < -0.39 is 23.6 Å². The molecule has 1 fully saturated rings. The minimum absolute atomic E-state index is 0.109. The van der Waals surface area contributed by atoms with Crippen molar-refractivity contribution in [1.82, 2.24) is 0 Å². The van der Waals surface area contributed by atoms with Crippen molar-refractivity contribution in [1.29, 1.82) is 0 Å². The summed E-state index contributed by atoms with van der Waals surface area (Å²) in [6.45, 7) is 6.27. The van der Waals surface area contributed by atoms with Gasteiger partial charge in [-0.2, -0.15) is 0 Å². The van der Waals surface area contributed by atoms with Crippen LogP contribution in [-0.4, -0.2) is 35.8 Å². The number of hydrogen-bond donors (Lipinski definition) is 1. The first kappa shape index (κ1) is 34.4. The molecule has 0 aromatic heterocycles. The molecule has 240 valence electrons. The third kappa shape index (κ3) is 9.75. The lowest BCUT2D eigenvalue weighted by Gasteiger charge is -2.37. The highest BCUT2D eigenvalue weighted by Gasteiger charge is 2.46. The Bertz CT molecular complexity index is 1070. The number of ether oxygens (including phenoxy) is 3. The molecule has 1 heterocycles. The van der Waals surface area contributed by atoms with Gasteiger partial charge in [-0.1, -0.05) is 175 Å². The number of hydrogen-bond acceptors (Lipinski definition) is 4. The maximum atomic E-state index is 11.6. The van der Waals surface area contributed by atoms with E-state index in [0.29, 0.717) is 0 Å². The van der Waals surface area contributed by atoms with Crippen LogP contribution in [0.2, 0.25) is 0 Å². The molecule has 4 heteroatoms. The van der Waals surface area contributed by atoms with Crippen molar-refractivity contribution >= 4 is 0 Å². The van der Waals surface area contributed by atoms with Crippen LogP contribution in [0.4, 0.5) is 0 Å². The Balaban J connectivity index is 1.36. The van der Waals surface area contributed by atoms with Crippen LogP contribution in [0.15, 0.2) is 91.0 Å². The van der Waals surface area contributed by atoms with Gasteiger partial charge in [0.2, 0.25) is 0 Å². The van der Waals surface area contributed by atoms with Crippen LogP contribution < -0.4 is 0 Å². The summed E-state index contributed by atoms with van der Waals surface area (Å²) in [5.41, 5.74) is 2.16. The maximum Gasteiger partial charge on any atom is 0.163 e. The highest BCUT2D eigenvalue weighted by Crippen LogP contribution is 2.41. The number of aliphatic hydroxyl groups is 1. The molecule has 3 atom stereocenters. The topological polar surface area (TPSA) is 47.9 Å². The first-order chi connectivity index (χ1) is 21.5. The third-order valence-electron chi connectivity index (χ3n) is 8.95. The standard InChI is InChI=1S/C40H56O4/c1-4-5-6-7-8-9-10-11-12-13-14-24-31-37-38(44-39(2,3)43-37)36(41)32-42-40(33-25-18-15-19-26-33,34-27-20-16-21-28-34)35-29-22-17-23-30-35/h15-23,25-30,36-38,41H,4-14,24,31-32H2,1-3H3/t36-,37+,38+/m1/s1. The fourth-order valence-corrected chi connectivity index (χ4v) is 6.67. The van der Waals surface area contributed by atoms with E-state index in [-0.39, 0.29) is 12.7 Å². The molecule has 0 saturated carbocycles. The molecule has 0 spiro atoms. The minimum atomic E-state index is -0.884. The van der Waals surface area contributed by atoms with E-state index in [1.165, 1.54) is 70.6 Å². The van der Waals surface area contributed by atoms with Crippen LogP contribution >= 0.6 is 0 Å². The zero-order valence-corrected chi connectivity index (χ0v) is 27.5. The molecule has 1 N–H and O–H groups in total. The Hall–Kier alpha value is -2.50. The predicted molar refractivity (Wildman–Crippen MR) is 181 cm³/mol. The van der Waals surface area contributed by atoms with Crippen LogP contribution in [-0.2, 0) is 19.8 Å². The summed E-state index contributed by atoms with van der Waals surface area (Å²) in [7, 11) is 0. The van der Waals surface area contributed by atoms with Gasteiger partial charge in [0.05, 0.1) is 12.7 Å². The van der Waals surface area contributed by atoms with Crippen molar-refractivity contribution in [3.05, 3.63) is 108 Å². The molecule has 3 aromatic rings. The van der Waals surface area contributed by atoms with Gasteiger partial charge in [-0.05, 0) is 37.0 Å². The Morgan fingerprint density at radius 1 is 0.636 bits per heavy atom. The molecule has 0 unspecified atom stereocenters. The predicted octanol–water partition coefficient (Wildman–Crippen LogP) is 9.97. The number of unbranched alkanes of at least 4 members (excludes halogenated alkanes) is 11. The van der Waals surface area contributed by atoms with Gasteiger partial charge >= 0.3 is 0 Å². The quantitative estimate of drug-likeness (QED) is 0.104. The van der Waals surface area contributed by atoms with Crippen molar-refractivity contribution in [3.63, 3.8) is 0 Å². The van der Waals surface area contributed by atoms with Gasteiger partial charge in [-0.15, -0.1) is 0 Å². The van der Waals surface area contributed by atoms with Gasteiger partial charge in [0, 0.05) is 0 Å². The molecule has 0 radical (unpaired) electrons. The van der Waals surface area contributed by atoms with Gasteiger partial charge in [-0.3, -0.25) is 0 Å². The second-order valence-electron chi connectivity index (χ2n) is 13.0. The molecule has 0 amide bonds. The molecule has 3 aromatic carbocycles. The molecule has 1 aliphatic rings. The van der Waals surface area contributed by atoms with Crippen LogP contribution in [0.3, 0.4) is 0 Å². The van der Waals surface area contributed by atoms with Gasteiger partial charge in [0.1, 0.15) is 17.8 Å². The number of rotatable bonds is 20. The van der Waals surface area contributed by atoms with E-state index in [4.69, 9.17) is 14.2 Å². The SMILES string of the molecule is CCCCCCCCCCCCCC[C@@H]1OC(C)(C)O[C@H]1[C@H](O)COC(c1ccccc1)(c1ccccc1)c1ccccc1. The maximum absolute atomic E-state index is 11.6. The number of aliphatic hydroxyl groups excluding tert-OH is 1. The van der Waals surface area contributed by atoms with Crippen molar-refractivity contribution in [2.24, 2.45) is 0 Å². The first-order valence-corrected chi connectivity index (χ1v) is 17.3. The van der Waals surface area contributed by atoms with Crippen LogP contribution in [0.25, 0.3) is 0 Å². The second-order valence-corrected chi connectivity index (χ2v) is 13.0. The molecule has 44 heavy (non-hydrogen) atoms. The average Bonchev–Trinajstić information content (AvgIpc) is 3.37. The van der Waals surface area contributed by atoms with E-state index in [0.717, 1.165) is 29.5 Å². The highest BCUT2D eigenvalue weighted by atomic mass is 16.8. The second kappa shape index (κ2) is 17.8. The molecule has 1 aliphatic heterocycles. The molecule has 4 nitrogen and oxygen atoms in total. The minimum Gasteiger partial charge on any atom is -0.388 e. The third-order valence-corrected chi connectivity index (χ3v) is 8.95. The zero-order valence-electron chi connectivity index (χ0n) is 27.5. The van der Waals surface area contributed by atoms with E-state index in [1.54, 1.807) is 0 Å². The van der Waals surface area contributed by atoms with Crippen LogP contribution in [0, 0.1) is 0 Å². The van der Waals surface area contributed by atoms with Crippen molar-refractivity contribution < 1.29 is 19.3 Å². The Morgan fingerprint density at radius 2 is 1.05 bits per heavy atom. The van der Waals surface area contributed by atoms with Crippen LogP contribution in [0.1, 0.15) is 121 Å². The van der Waals surface area contributed by atoms with E-state index in [2.05, 4.69) is 43.3 Å². The van der Waals surface area contributed by atoms with E-state index in [1.807, 2.05) is 68.4 Å². The smallest absolute Gasteiger partial charge is 0.163 e.